The molecule has 1 fully saturated rings. The molecular formula is C28H25F7N4O5. The lowest BCUT2D eigenvalue weighted by Gasteiger charge is -2.39. The van der Waals surface area contributed by atoms with Gasteiger partial charge in [-0.05, 0) is 49.2 Å². The zero-order chi connectivity index (χ0) is 32.9. The van der Waals surface area contributed by atoms with E-state index < -0.39 is 54.6 Å². The Bertz CT molecular complexity index is 1590. The van der Waals surface area contributed by atoms with Gasteiger partial charge in [0.1, 0.15) is 30.2 Å². The van der Waals surface area contributed by atoms with Crippen LogP contribution in [0.5, 0.6) is 0 Å². The quantitative estimate of drug-likeness (QED) is 0.418. The standard InChI is InChI=1S/C26H24F4N4O3.C2HF3O2/c1-14-15(2)25(36)32-31-21(14)12-16-3-8-20(28)19(11-16)26(37)33-9-10-34(22(35)13-33)23(24(29)30)17-4-6-18(27)7-5-17;3-2(4,5)1(6)7/h3-8,11,23-24H,9-10,12-13H2,1-2H3,(H,32,36);(H,6,7). The van der Waals surface area contributed by atoms with Gasteiger partial charge in [0.25, 0.3) is 12.3 Å². The maximum Gasteiger partial charge on any atom is 0.430 e. The average Bonchev–Trinajstić information content (AvgIpc) is 2.95. The molecule has 0 saturated carbocycles. The number of rotatable bonds is 6. The third-order valence-electron chi connectivity index (χ3n) is 6.89. The van der Waals surface area contributed by atoms with E-state index >= 15 is 0 Å². The number of alkyl halides is 5. The van der Waals surface area contributed by atoms with E-state index in [1.807, 2.05) is 0 Å². The Labute approximate surface area is 244 Å². The van der Waals surface area contributed by atoms with Crippen LogP contribution in [0.1, 0.15) is 44.3 Å². The van der Waals surface area contributed by atoms with E-state index in [1.54, 1.807) is 13.8 Å². The third kappa shape index (κ3) is 7.99. The van der Waals surface area contributed by atoms with Crippen molar-refractivity contribution in [3.63, 3.8) is 0 Å². The van der Waals surface area contributed by atoms with E-state index in [2.05, 4.69) is 10.2 Å². The van der Waals surface area contributed by atoms with Gasteiger partial charge in [0.15, 0.2) is 0 Å². The number of aromatic nitrogens is 2. The number of carbonyl (C=O) groups excluding carboxylic acids is 3. The van der Waals surface area contributed by atoms with Crippen LogP contribution in [0.25, 0.3) is 0 Å². The fourth-order valence-corrected chi connectivity index (χ4v) is 4.39. The second-order valence-electron chi connectivity index (χ2n) is 9.73. The van der Waals surface area contributed by atoms with Gasteiger partial charge in [-0.25, -0.2) is 17.6 Å². The van der Waals surface area contributed by atoms with Crippen LogP contribution in [0.4, 0.5) is 30.7 Å². The molecule has 0 bridgehead atoms. The van der Waals surface area contributed by atoms with Crippen molar-refractivity contribution in [3.05, 3.63) is 98.0 Å². The summed E-state index contributed by atoms with van der Waals surface area (Å²) in [5.41, 5.74) is 2.12. The van der Waals surface area contributed by atoms with Gasteiger partial charge >= 0.3 is 11.7 Å². The van der Waals surface area contributed by atoms with Crippen molar-refractivity contribution >= 4 is 17.8 Å². The minimum atomic E-state index is -5.19. The van der Waals surface area contributed by atoms with Crippen LogP contribution in [0.3, 0.4) is 0 Å². The average molecular weight is 631 g/mol. The first-order chi connectivity index (χ1) is 20.5. The first-order valence-corrected chi connectivity index (χ1v) is 12.8. The number of nitrogens with one attached hydrogen (secondary N) is 2. The van der Waals surface area contributed by atoms with Crippen molar-refractivity contribution < 1.29 is 55.3 Å². The summed E-state index contributed by atoms with van der Waals surface area (Å²) < 4.78 is 87.2. The van der Waals surface area contributed by atoms with Gasteiger partial charge in [-0.2, -0.15) is 13.2 Å². The number of carbonyl (C=O) groups is 3. The largest absolute Gasteiger partial charge is 0.542 e. The van der Waals surface area contributed by atoms with Gasteiger partial charge < -0.3 is 19.7 Å². The van der Waals surface area contributed by atoms with Crippen molar-refractivity contribution in [2.45, 2.75) is 38.9 Å². The Balaban J connectivity index is 0.000000676. The molecule has 9 nitrogen and oxygen atoms in total. The Morgan fingerprint density at radius 3 is 2.16 bits per heavy atom. The molecule has 1 aromatic heterocycles. The highest BCUT2D eigenvalue weighted by Crippen LogP contribution is 2.30. The molecule has 2 amide bonds. The maximum absolute atomic E-state index is 14.6. The Hall–Kier alpha value is -4.76. The third-order valence-corrected chi connectivity index (χ3v) is 6.89. The van der Waals surface area contributed by atoms with Crippen LogP contribution in [-0.4, -0.2) is 64.9 Å². The number of aromatic amines is 2. The highest BCUT2D eigenvalue weighted by atomic mass is 19.4. The number of nitrogens with zero attached hydrogens (tertiary/aromatic N) is 2. The van der Waals surface area contributed by atoms with Crippen molar-refractivity contribution in [1.82, 2.24) is 14.9 Å². The summed E-state index contributed by atoms with van der Waals surface area (Å²) >= 11 is 0. The van der Waals surface area contributed by atoms with Crippen LogP contribution < -0.4 is 15.8 Å². The van der Waals surface area contributed by atoms with E-state index in [0.29, 0.717) is 16.8 Å². The van der Waals surface area contributed by atoms with Crippen LogP contribution in [-0.2, 0) is 16.0 Å². The van der Waals surface area contributed by atoms with Crippen LogP contribution in [0.15, 0.2) is 47.3 Å². The molecule has 0 spiro atoms. The molecule has 0 radical (unpaired) electrons. The van der Waals surface area contributed by atoms with Gasteiger partial charge in [-0.15, -0.1) is 10.2 Å². The molecule has 16 heteroatoms. The lowest BCUT2D eigenvalue weighted by Crippen LogP contribution is -2.54. The Morgan fingerprint density at radius 1 is 1.00 bits per heavy atom. The second-order valence-corrected chi connectivity index (χ2v) is 9.73. The molecule has 44 heavy (non-hydrogen) atoms. The summed E-state index contributed by atoms with van der Waals surface area (Å²) in [6.07, 6.45) is -7.84. The predicted molar refractivity (Wildman–Crippen MR) is 136 cm³/mol. The second kappa shape index (κ2) is 13.7. The van der Waals surface area contributed by atoms with Crippen molar-refractivity contribution in [2.24, 2.45) is 0 Å². The smallest absolute Gasteiger partial charge is 0.430 e. The van der Waals surface area contributed by atoms with E-state index in [9.17, 15) is 45.1 Å². The SMILES string of the molecule is Cc1c(Cc2ccc(F)c(C(=O)N3CCN(C(c4ccc(F)cc4)C(F)F)C(=O)C3)c2)[nH+][nH]c(=O)c1C.O=C([O-])C(F)(F)F. The number of H-pyrrole nitrogens is 2. The first-order valence-electron chi connectivity index (χ1n) is 12.8. The number of carboxylic acid groups (broad SMARTS) is 1. The van der Waals surface area contributed by atoms with E-state index in [-0.39, 0.29) is 36.2 Å². The fraction of sp³-hybridized carbons (Fsp3) is 0.321. The number of aliphatic carboxylic acids is 1. The van der Waals surface area contributed by atoms with Gasteiger partial charge in [-0.3, -0.25) is 14.4 Å². The Kier molecular flexibility index (Phi) is 10.5. The van der Waals surface area contributed by atoms with Crippen LogP contribution in [0, 0.1) is 25.5 Å². The maximum atomic E-state index is 14.6. The van der Waals surface area contributed by atoms with Crippen LogP contribution in [0.2, 0.25) is 0 Å². The lowest BCUT2D eigenvalue weighted by molar-refractivity contribution is -0.467. The number of halogens is 7. The van der Waals surface area contributed by atoms with Crippen molar-refractivity contribution in [1.29, 1.82) is 0 Å². The molecule has 1 saturated heterocycles. The fourth-order valence-electron chi connectivity index (χ4n) is 4.39. The summed E-state index contributed by atoms with van der Waals surface area (Å²) in [5, 5.41) is 14.1. The molecule has 4 rings (SSSR count). The van der Waals surface area contributed by atoms with Gasteiger partial charge in [0.2, 0.25) is 11.6 Å². The number of hydrogen-bond donors (Lipinski definition) is 1. The molecule has 2 heterocycles. The number of piperazine rings is 1. The van der Waals surface area contributed by atoms with E-state index in [0.717, 1.165) is 33.6 Å². The number of hydrogen-bond acceptors (Lipinski definition) is 5. The van der Waals surface area contributed by atoms with Gasteiger partial charge in [-0.1, -0.05) is 18.2 Å². The highest BCUT2D eigenvalue weighted by Gasteiger charge is 2.37. The minimum absolute atomic E-state index is 0.0767. The number of benzene rings is 2. The monoisotopic (exact) mass is 630 g/mol. The van der Waals surface area contributed by atoms with Gasteiger partial charge in [0, 0.05) is 24.2 Å². The minimum Gasteiger partial charge on any atom is -0.542 e. The van der Waals surface area contributed by atoms with Crippen molar-refractivity contribution in [3.8, 4) is 0 Å². The molecule has 1 aliphatic heterocycles. The number of amides is 2. The molecule has 0 aliphatic carbocycles. The lowest BCUT2D eigenvalue weighted by atomic mass is 10.0. The zero-order valence-corrected chi connectivity index (χ0v) is 23.1. The molecule has 3 aromatic rings. The van der Waals surface area contributed by atoms with Gasteiger partial charge in [0.05, 0.1) is 12.0 Å². The summed E-state index contributed by atoms with van der Waals surface area (Å²) in [7, 11) is 0. The summed E-state index contributed by atoms with van der Waals surface area (Å²) in [6, 6.07) is 6.92. The molecule has 2 aromatic carbocycles. The summed E-state index contributed by atoms with van der Waals surface area (Å²) in [5.74, 6) is -5.83. The van der Waals surface area contributed by atoms with E-state index in [4.69, 9.17) is 9.90 Å². The normalized spacial score (nSPS) is 14.3. The predicted octanol–water partition coefficient (Wildman–Crippen LogP) is 2.26. The molecule has 1 atom stereocenters. The van der Waals surface area contributed by atoms with E-state index in [1.165, 1.54) is 24.3 Å². The molecular weight excluding hydrogens is 605 g/mol. The van der Waals surface area contributed by atoms with Crippen molar-refractivity contribution in [2.75, 3.05) is 19.6 Å². The van der Waals surface area contributed by atoms with Crippen LogP contribution >= 0.6 is 0 Å². The zero-order valence-electron chi connectivity index (χ0n) is 23.1. The topological polar surface area (TPSA) is 128 Å². The summed E-state index contributed by atoms with van der Waals surface area (Å²) in [4.78, 5) is 48.6. The molecule has 1 unspecified atom stereocenters. The molecule has 2 N–H and O–H groups in total. The molecule has 1 aliphatic rings. The highest BCUT2D eigenvalue weighted by molar-refractivity contribution is 5.97. The molecule has 236 valence electrons. The first kappa shape index (κ1) is 33.7. The summed E-state index contributed by atoms with van der Waals surface area (Å²) in [6.45, 7) is 2.68. The number of carboxylic acids is 1. The Morgan fingerprint density at radius 2 is 1.61 bits per heavy atom.